The van der Waals surface area contributed by atoms with Gasteiger partial charge in [0.25, 0.3) is 0 Å². The van der Waals surface area contributed by atoms with Gasteiger partial charge in [0.1, 0.15) is 0 Å². The van der Waals surface area contributed by atoms with Crippen LogP contribution in [0.2, 0.25) is 0 Å². The SMILES string of the molecule is OC(Cc1ccccn1)c1cc2c(s1)CCC2. The summed E-state index contributed by atoms with van der Waals surface area (Å²) in [5.74, 6) is 0. The Bertz CT molecular complexity index is 485. The van der Waals surface area contributed by atoms with E-state index in [9.17, 15) is 5.11 Å². The Hall–Kier alpha value is -1.19. The zero-order chi connectivity index (χ0) is 11.7. The topological polar surface area (TPSA) is 33.1 Å². The summed E-state index contributed by atoms with van der Waals surface area (Å²) in [6.45, 7) is 0. The van der Waals surface area contributed by atoms with Crippen LogP contribution in [0.25, 0.3) is 0 Å². The minimum absolute atomic E-state index is 0.402. The minimum atomic E-state index is -0.402. The molecule has 0 radical (unpaired) electrons. The summed E-state index contributed by atoms with van der Waals surface area (Å²) in [4.78, 5) is 6.82. The lowest BCUT2D eigenvalue weighted by Crippen LogP contribution is -2.01. The lowest BCUT2D eigenvalue weighted by molar-refractivity contribution is 0.181. The van der Waals surface area contributed by atoms with E-state index >= 15 is 0 Å². The largest absolute Gasteiger partial charge is 0.387 e. The number of rotatable bonds is 3. The molecular weight excluding hydrogens is 230 g/mol. The van der Waals surface area contributed by atoms with Crippen LogP contribution in [-0.4, -0.2) is 10.1 Å². The fraction of sp³-hybridized carbons (Fsp3) is 0.357. The zero-order valence-electron chi connectivity index (χ0n) is 9.60. The number of aryl methyl sites for hydroxylation is 2. The number of hydrogen-bond acceptors (Lipinski definition) is 3. The molecule has 2 heterocycles. The number of hydrogen-bond donors (Lipinski definition) is 1. The van der Waals surface area contributed by atoms with Crippen molar-refractivity contribution in [3.8, 4) is 0 Å². The third-order valence-electron chi connectivity index (χ3n) is 3.22. The first-order valence-corrected chi connectivity index (χ1v) is 6.84. The molecule has 0 fully saturated rings. The average molecular weight is 245 g/mol. The van der Waals surface area contributed by atoms with Gasteiger partial charge in [-0.3, -0.25) is 4.98 Å². The van der Waals surface area contributed by atoms with Gasteiger partial charge in [-0.2, -0.15) is 0 Å². The van der Waals surface area contributed by atoms with Gasteiger partial charge in [0.2, 0.25) is 0 Å². The monoisotopic (exact) mass is 245 g/mol. The molecule has 1 aliphatic rings. The van der Waals surface area contributed by atoms with E-state index in [1.165, 1.54) is 29.7 Å². The van der Waals surface area contributed by atoms with Crippen LogP contribution in [0.4, 0.5) is 0 Å². The lowest BCUT2D eigenvalue weighted by Gasteiger charge is -2.07. The second-order valence-corrected chi connectivity index (χ2v) is 5.66. The van der Waals surface area contributed by atoms with Crippen molar-refractivity contribution in [3.05, 3.63) is 51.5 Å². The summed E-state index contributed by atoms with van der Waals surface area (Å²) in [5, 5.41) is 10.2. The Kier molecular flexibility index (Phi) is 2.95. The molecule has 1 aliphatic carbocycles. The minimum Gasteiger partial charge on any atom is -0.387 e. The Morgan fingerprint density at radius 2 is 2.29 bits per heavy atom. The number of nitrogens with zero attached hydrogens (tertiary/aromatic N) is 1. The van der Waals surface area contributed by atoms with E-state index in [0.717, 1.165) is 10.6 Å². The molecule has 0 spiro atoms. The van der Waals surface area contributed by atoms with Gasteiger partial charge in [-0.05, 0) is 43.0 Å². The lowest BCUT2D eigenvalue weighted by atomic mass is 10.1. The van der Waals surface area contributed by atoms with Crippen LogP contribution in [0.3, 0.4) is 0 Å². The number of aliphatic hydroxyl groups excluding tert-OH is 1. The molecule has 0 saturated heterocycles. The molecule has 2 aromatic heterocycles. The van der Waals surface area contributed by atoms with Gasteiger partial charge in [0, 0.05) is 28.1 Å². The third kappa shape index (κ3) is 2.26. The molecule has 0 aliphatic heterocycles. The van der Waals surface area contributed by atoms with Crippen LogP contribution in [0.1, 0.15) is 33.5 Å². The van der Waals surface area contributed by atoms with Gasteiger partial charge < -0.3 is 5.11 Å². The molecule has 0 bridgehead atoms. The molecule has 1 N–H and O–H groups in total. The first kappa shape index (κ1) is 10.9. The molecule has 2 nitrogen and oxygen atoms in total. The molecule has 0 saturated carbocycles. The highest BCUT2D eigenvalue weighted by molar-refractivity contribution is 7.12. The van der Waals surface area contributed by atoms with Crippen molar-refractivity contribution in [2.75, 3.05) is 0 Å². The van der Waals surface area contributed by atoms with Crippen molar-refractivity contribution < 1.29 is 5.11 Å². The highest BCUT2D eigenvalue weighted by Gasteiger charge is 2.19. The van der Waals surface area contributed by atoms with Crippen LogP contribution < -0.4 is 0 Å². The highest BCUT2D eigenvalue weighted by Crippen LogP contribution is 2.34. The predicted octanol–water partition coefficient (Wildman–Crippen LogP) is 2.91. The number of thiophene rings is 1. The van der Waals surface area contributed by atoms with Crippen molar-refractivity contribution in [1.29, 1.82) is 0 Å². The molecular formula is C14H15NOS. The number of fused-ring (bicyclic) bond motifs is 1. The van der Waals surface area contributed by atoms with Crippen LogP contribution >= 0.6 is 11.3 Å². The van der Waals surface area contributed by atoms with Crippen molar-refractivity contribution in [2.24, 2.45) is 0 Å². The number of aromatic nitrogens is 1. The van der Waals surface area contributed by atoms with Gasteiger partial charge in [-0.1, -0.05) is 6.07 Å². The molecule has 1 unspecified atom stereocenters. The molecule has 3 rings (SSSR count). The summed E-state index contributed by atoms with van der Waals surface area (Å²) >= 11 is 1.77. The van der Waals surface area contributed by atoms with Gasteiger partial charge in [0.15, 0.2) is 0 Å². The van der Waals surface area contributed by atoms with Gasteiger partial charge in [-0.25, -0.2) is 0 Å². The summed E-state index contributed by atoms with van der Waals surface area (Å²) in [6, 6.07) is 8.00. The molecule has 3 heteroatoms. The van der Waals surface area contributed by atoms with Crippen molar-refractivity contribution in [1.82, 2.24) is 4.98 Å². The molecule has 1 atom stereocenters. The maximum absolute atomic E-state index is 10.2. The maximum Gasteiger partial charge on any atom is 0.0937 e. The van der Waals surface area contributed by atoms with Gasteiger partial charge in [0.05, 0.1) is 6.10 Å². The number of aliphatic hydroxyl groups is 1. The fourth-order valence-electron chi connectivity index (χ4n) is 2.33. The van der Waals surface area contributed by atoms with Crippen LogP contribution in [0.5, 0.6) is 0 Å². The summed E-state index contributed by atoms with van der Waals surface area (Å²) in [7, 11) is 0. The molecule has 88 valence electrons. The van der Waals surface area contributed by atoms with Crippen molar-refractivity contribution in [2.45, 2.75) is 31.8 Å². The van der Waals surface area contributed by atoms with E-state index in [1.807, 2.05) is 18.2 Å². The van der Waals surface area contributed by atoms with E-state index < -0.39 is 6.10 Å². The maximum atomic E-state index is 10.2. The van der Waals surface area contributed by atoms with E-state index in [0.29, 0.717) is 6.42 Å². The quantitative estimate of drug-likeness (QED) is 0.902. The predicted molar refractivity (Wildman–Crippen MR) is 69.2 cm³/mol. The molecule has 0 amide bonds. The number of pyridine rings is 1. The zero-order valence-corrected chi connectivity index (χ0v) is 10.4. The van der Waals surface area contributed by atoms with Gasteiger partial charge in [-0.15, -0.1) is 11.3 Å². The van der Waals surface area contributed by atoms with E-state index in [1.54, 1.807) is 17.5 Å². The molecule has 2 aromatic rings. The Morgan fingerprint density at radius 1 is 1.35 bits per heavy atom. The first-order valence-electron chi connectivity index (χ1n) is 6.02. The van der Waals surface area contributed by atoms with E-state index in [-0.39, 0.29) is 0 Å². The third-order valence-corrected chi connectivity index (χ3v) is 4.56. The van der Waals surface area contributed by atoms with Crippen molar-refractivity contribution >= 4 is 11.3 Å². The Morgan fingerprint density at radius 3 is 3.06 bits per heavy atom. The average Bonchev–Trinajstić information content (AvgIpc) is 2.90. The fourth-order valence-corrected chi connectivity index (χ4v) is 3.58. The standard InChI is InChI=1S/C14H15NOS/c16-12(9-11-5-1-2-7-15-11)14-8-10-4-3-6-13(10)17-14/h1-2,5,7-8,12,16H,3-4,6,9H2. The normalized spacial score (nSPS) is 15.8. The Labute approximate surface area is 105 Å². The van der Waals surface area contributed by atoms with Crippen LogP contribution in [0.15, 0.2) is 30.5 Å². The second-order valence-electron chi connectivity index (χ2n) is 4.49. The molecule has 17 heavy (non-hydrogen) atoms. The first-order chi connectivity index (χ1) is 8.33. The highest BCUT2D eigenvalue weighted by atomic mass is 32.1. The summed E-state index contributed by atoms with van der Waals surface area (Å²) in [5.41, 5.74) is 2.40. The smallest absolute Gasteiger partial charge is 0.0937 e. The second kappa shape index (κ2) is 4.59. The van der Waals surface area contributed by atoms with Gasteiger partial charge >= 0.3 is 0 Å². The van der Waals surface area contributed by atoms with E-state index in [2.05, 4.69) is 11.1 Å². The van der Waals surface area contributed by atoms with Crippen LogP contribution in [0, 0.1) is 0 Å². The van der Waals surface area contributed by atoms with Crippen molar-refractivity contribution in [3.63, 3.8) is 0 Å². The summed E-state index contributed by atoms with van der Waals surface area (Å²) < 4.78 is 0. The van der Waals surface area contributed by atoms with Crippen LogP contribution in [-0.2, 0) is 19.3 Å². The molecule has 0 aromatic carbocycles. The Balaban J connectivity index is 1.75. The van der Waals surface area contributed by atoms with E-state index in [4.69, 9.17) is 0 Å². The summed E-state index contributed by atoms with van der Waals surface area (Å²) in [6.07, 6.45) is 5.63.